The van der Waals surface area contributed by atoms with E-state index >= 15 is 0 Å². The highest BCUT2D eigenvalue weighted by Crippen LogP contribution is 2.46. The van der Waals surface area contributed by atoms with Crippen LogP contribution >= 0.6 is 11.6 Å². The van der Waals surface area contributed by atoms with E-state index in [0.717, 1.165) is 5.56 Å². The van der Waals surface area contributed by atoms with Crippen LogP contribution in [0.5, 0.6) is 17.2 Å². The predicted molar refractivity (Wildman–Crippen MR) is 133 cm³/mol. The number of nitriles is 1. The lowest BCUT2D eigenvalue weighted by molar-refractivity contribution is -0.136. The summed E-state index contributed by atoms with van der Waals surface area (Å²) in [4.78, 5) is 12.4. The first-order valence-electron chi connectivity index (χ1n) is 11.2. The van der Waals surface area contributed by atoms with E-state index < -0.39 is 17.7 Å². The maximum atomic E-state index is 14.7. The van der Waals surface area contributed by atoms with Crippen molar-refractivity contribution in [3.63, 3.8) is 0 Å². The minimum Gasteiger partial charge on any atom is -0.482 e. The molecule has 4 rings (SSSR count). The van der Waals surface area contributed by atoms with E-state index in [2.05, 4.69) is 20.8 Å². The number of hydrogen-bond acceptors (Lipinski definition) is 6. The molecule has 0 bridgehead atoms. The topological polar surface area (TPSA) is 94.6 Å². The Labute approximate surface area is 213 Å². The van der Waals surface area contributed by atoms with Gasteiger partial charge in [0.1, 0.15) is 34.7 Å². The molecule has 3 aromatic carbocycles. The van der Waals surface area contributed by atoms with Gasteiger partial charge in [-0.05, 0) is 41.3 Å². The number of nitrogens with zero attached hydrogens (tertiary/aromatic N) is 1. The smallest absolute Gasteiger partial charge is 0.349 e. The molecular weight excluding hydrogens is 483 g/mol. The van der Waals surface area contributed by atoms with Crippen LogP contribution in [0.3, 0.4) is 0 Å². The zero-order valence-electron chi connectivity index (χ0n) is 20.0. The van der Waals surface area contributed by atoms with E-state index in [1.54, 1.807) is 18.2 Å². The van der Waals surface area contributed by atoms with Crippen molar-refractivity contribution < 1.29 is 23.4 Å². The van der Waals surface area contributed by atoms with Crippen LogP contribution in [0.4, 0.5) is 4.39 Å². The summed E-state index contributed by atoms with van der Waals surface area (Å²) in [6.07, 6.45) is 0. The predicted octanol–water partition coefficient (Wildman–Crippen LogP) is 5.98. The molecule has 1 heterocycles. The molecule has 0 fully saturated rings. The lowest BCUT2D eigenvalue weighted by Gasteiger charge is -2.27. The van der Waals surface area contributed by atoms with E-state index in [-0.39, 0.29) is 45.6 Å². The van der Waals surface area contributed by atoms with Gasteiger partial charge < -0.3 is 19.9 Å². The maximum absolute atomic E-state index is 14.7. The van der Waals surface area contributed by atoms with Gasteiger partial charge in [-0.2, -0.15) is 5.26 Å². The van der Waals surface area contributed by atoms with Gasteiger partial charge in [-0.15, -0.1) is 0 Å². The molecule has 1 unspecified atom stereocenters. The molecular formula is C28H24ClFN2O4. The average molecular weight is 507 g/mol. The normalized spacial score (nSPS) is 14.9. The summed E-state index contributed by atoms with van der Waals surface area (Å²) in [7, 11) is 0. The first-order valence-corrected chi connectivity index (χ1v) is 11.6. The number of nitrogens with two attached hydrogens (primary N) is 1. The molecule has 0 saturated carbocycles. The number of carbonyl (C=O) groups excluding carboxylic acids is 1. The Morgan fingerprint density at radius 1 is 1.14 bits per heavy atom. The van der Waals surface area contributed by atoms with E-state index in [9.17, 15) is 14.4 Å². The van der Waals surface area contributed by atoms with Crippen LogP contribution in [0.25, 0.3) is 0 Å². The fraction of sp³-hybridized carbons (Fsp3) is 0.214. The molecule has 1 aliphatic heterocycles. The summed E-state index contributed by atoms with van der Waals surface area (Å²) in [6.45, 7) is 6.03. The summed E-state index contributed by atoms with van der Waals surface area (Å²) in [5.41, 5.74) is 7.73. The van der Waals surface area contributed by atoms with Crippen molar-refractivity contribution in [2.24, 2.45) is 5.73 Å². The van der Waals surface area contributed by atoms with Crippen molar-refractivity contribution in [1.82, 2.24) is 0 Å². The Balaban J connectivity index is 1.52. The standard InChI is InChI=1S/C28H24ClFN2O4/c1-28(2,3)16-7-9-17(10-8-16)34-15-24(33)35-18-11-12-19-23(13-18)36-27(32)20(14-31)25(19)26-21(29)5-4-6-22(26)30/h4-13,25H,15,32H2,1-3H3. The highest BCUT2D eigenvalue weighted by Gasteiger charge is 2.34. The van der Waals surface area contributed by atoms with Crippen LogP contribution in [0, 0.1) is 17.1 Å². The van der Waals surface area contributed by atoms with Gasteiger partial charge in [0.05, 0.1) is 5.92 Å². The van der Waals surface area contributed by atoms with E-state index in [0.29, 0.717) is 11.3 Å². The number of halogens is 2. The van der Waals surface area contributed by atoms with E-state index in [1.807, 2.05) is 18.2 Å². The van der Waals surface area contributed by atoms with Crippen LogP contribution in [0.1, 0.15) is 43.4 Å². The van der Waals surface area contributed by atoms with Crippen molar-refractivity contribution in [1.29, 1.82) is 5.26 Å². The van der Waals surface area contributed by atoms with Gasteiger partial charge in [0, 0.05) is 22.2 Å². The number of rotatable bonds is 5. The van der Waals surface area contributed by atoms with Crippen molar-refractivity contribution >= 4 is 17.6 Å². The second-order valence-corrected chi connectivity index (χ2v) is 9.70. The lowest BCUT2D eigenvalue weighted by atomic mass is 9.83. The zero-order chi connectivity index (χ0) is 26.0. The molecule has 1 atom stereocenters. The second kappa shape index (κ2) is 9.92. The van der Waals surface area contributed by atoms with Gasteiger partial charge in [-0.1, -0.05) is 56.6 Å². The summed E-state index contributed by atoms with van der Waals surface area (Å²) < 4.78 is 31.3. The average Bonchev–Trinajstić information content (AvgIpc) is 2.82. The van der Waals surface area contributed by atoms with Gasteiger partial charge in [0.2, 0.25) is 5.88 Å². The largest absolute Gasteiger partial charge is 0.482 e. The van der Waals surface area contributed by atoms with Gasteiger partial charge in [0.25, 0.3) is 0 Å². The fourth-order valence-corrected chi connectivity index (χ4v) is 4.21. The number of carbonyl (C=O) groups is 1. The van der Waals surface area contributed by atoms with Gasteiger partial charge in [-0.3, -0.25) is 0 Å². The molecule has 0 amide bonds. The number of fused-ring (bicyclic) bond motifs is 1. The number of allylic oxidation sites excluding steroid dienone is 1. The Morgan fingerprint density at radius 3 is 2.47 bits per heavy atom. The molecule has 8 heteroatoms. The molecule has 1 aliphatic rings. The highest BCUT2D eigenvalue weighted by atomic mass is 35.5. The molecule has 0 aromatic heterocycles. The third-order valence-corrected chi connectivity index (χ3v) is 6.12. The Bertz CT molecular complexity index is 1370. The monoisotopic (exact) mass is 506 g/mol. The van der Waals surface area contributed by atoms with Crippen molar-refractivity contribution in [3.8, 4) is 23.3 Å². The van der Waals surface area contributed by atoms with E-state index in [4.69, 9.17) is 31.5 Å². The Hall–Kier alpha value is -4.02. The second-order valence-electron chi connectivity index (χ2n) is 9.30. The van der Waals surface area contributed by atoms with Crippen LogP contribution in [0.2, 0.25) is 5.02 Å². The Morgan fingerprint density at radius 2 is 1.83 bits per heavy atom. The number of benzene rings is 3. The molecule has 0 spiro atoms. The van der Waals surface area contributed by atoms with Crippen molar-refractivity contribution in [2.45, 2.75) is 32.1 Å². The fourth-order valence-electron chi connectivity index (χ4n) is 3.94. The SMILES string of the molecule is CC(C)(C)c1ccc(OCC(=O)Oc2ccc3c(c2)OC(N)=C(C#N)C3c2c(F)cccc2Cl)cc1. The van der Waals surface area contributed by atoms with Crippen molar-refractivity contribution in [3.05, 3.63) is 99.7 Å². The molecule has 2 N–H and O–H groups in total. The molecule has 184 valence electrons. The number of hydrogen-bond donors (Lipinski definition) is 1. The molecule has 0 aliphatic carbocycles. The Kier molecular flexibility index (Phi) is 6.91. The van der Waals surface area contributed by atoms with Gasteiger partial charge in [-0.25, -0.2) is 9.18 Å². The van der Waals surface area contributed by atoms with E-state index in [1.165, 1.54) is 30.3 Å². The van der Waals surface area contributed by atoms with Crippen LogP contribution in [-0.4, -0.2) is 12.6 Å². The van der Waals surface area contributed by atoms with Crippen LogP contribution < -0.4 is 19.9 Å². The zero-order valence-corrected chi connectivity index (χ0v) is 20.7. The summed E-state index contributed by atoms with van der Waals surface area (Å²) in [6, 6.07) is 18.3. The quantitative estimate of drug-likeness (QED) is 0.338. The molecule has 6 nitrogen and oxygen atoms in total. The third kappa shape index (κ3) is 5.14. The number of esters is 1. The first kappa shape index (κ1) is 25.1. The van der Waals surface area contributed by atoms with Crippen LogP contribution in [0.15, 0.2) is 72.1 Å². The van der Waals surface area contributed by atoms with Crippen molar-refractivity contribution in [2.75, 3.05) is 6.61 Å². The summed E-state index contributed by atoms with van der Waals surface area (Å²) in [5, 5.41) is 9.81. The lowest BCUT2D eigenvalue weighted by Crippen LogP contribution is -2.22. The van der Waals surface area contributed by atoms with Gasteiger partial charge >= 0.3 is 5.97 Å². The third-order valence-electron chi connectivity index (χ3n) is 5.79. The minimum atomic E-state index is -0.878. The maximum Gasteiger partial charge on any atom is 0.349 e. The molecule has 3 aromatic rings. The molecule has 0 radical (unpaired) electrons. The highest BCUT2D eigenvalue weighted by molar-refractivity contribution is 6.31. The van der Waals surface area contributed by atoms with Crippen LogP contribution in [-0.2, 0) is 10.2 Å². The first-order chi connectivity index (χ1) is 17.1. The van der Waals surface area contributed by atoms with Gasteiger partial charge in [0.15, 0.2) is 6.61 Å². The summed E-state index contributed by atoms with van der Waals surface area (Å²) >= 11 is 6.28. The minimum absolute atomic E-state index is 0.00912. The molecule has 36 heavy (non-hydrogen) atoms. The number of ether oxygens (including phenoxy) is 3. The summed E-state index contributed by atoms with van der Waals surface area (Å²) in [5.74, 6) is -1.32. The molecule has 0 saturated heterocycles.